The number of hydrogen-bond donors (Lipinski definition) is 1. The van der Waals surface area contributed by atoms with E-state index in [0.717, 1.165) is 10.0 Å². The van der Waals surface area contributed by atoms with Crippen LogP contribution < -0.4 is 5.73 Å². The molecule has 0 bridgehead atoms. The van der Waals surface area contributed by atoms with Gasteiger partial charge >= 0.3 is 5.97 Å². The second-order valence-corrected chi connectivity index (χ2v) is 5.24. The Hall–Kier alpha value is -0.870. The van der Waals surface area contributed by atoms with Crippen molar-refractivity contribution in [1.82, 2.24) is 0 Å². The highest BCUT2D eigenvalue weighted by molar-refractivity contribution is 9.10. The summed E-state index contributed by atoms with van der Waals surface area (Å²) >= 11 is 3.38. The predicted octanol–water partition coefficient (Wildman–Crippen LogP) is 2.87. The van der Waals surface area contributed by atoms with E-state index in [1.54, 1.807) is 0 Å². The zero-order valence-electron chi connectivity index (χ0n) is 10.2. The monoisotopic (exact) mass is 299 g/mol. The number of benzene rings is 1. The minimum atomic E-state index is -0.577. The molecule has 1 aromatic rings. The maximum Gasteiger partial charge on any atom is 0.313 e. The fraction of sp³-hybridized carbons (Fsp3) is 0.462. The molecule has 0 aromatic heterocycles. The average molecular weight is 300 g/mol. The number of halogens is 1. The van der Waals surface area contributed by atoms with E-state index in [4.69, 9.17) is 10.5 Å². The molecule has 17 heavy (non-hydrogen) atoms. The van der Waals surface area contributed by atoms with Gasteiger partial charge in [-0.15, -0.1) is 0 Å². The smallest absolute Gasteiger partial charge is 0.313 e. The summed E-state index contributed by atoms with van der Waals surface area (Å²) in [6, 6.07) is 7.69. The van der Waals surface area contributed by atoms with Crippen molar-refractivity contribution in [2.24, 2.45) is 11.1 Å². The van der Waals surface area contributed by atoms with Crippen LogP contribution in [0.3, 0.4) is 0 Å². The molecule has 0 radical (unpaired) electrons. The van der Waals surface area contributed by atoms with Crippen molar-refractivity contribution in [2.75, 3.05) is 6.54 Å². The molecule has 0 aliphatic heterocycles. The lowest BCUT2D eigenvalue weighted by molar-refractivity contribution is -0.156. The number of carbonyl (C=O) groups excluding carboxylic acids is 1. The van der Waals surface area contributed by atoms with E-state index in [-0.39, 0.29) is 12.6 Å². The van der Waals surface area contributed by atoms with Gasteiger partial charge in [-0.25, -0.2) is 0 Å². The van der Waals surface area contributed by atoms with Gasteiger partial charge in [0.15, 0.2) is 0 Å². The first-order chi connectivity index (χ1) is 8.01. The van der Waals surface area contributed by atoms with Crippen molar-refractivity contribution in [1.29, 1.82) is 0 Å². The third kappa shape index (κ3) is 3.82. The lowest BCUT2D eigenvalue weighted by atomic mass is 9.88. The molecule has 0 aliphatic rings. The molecule has 4 heteroatoms. The Morgan fingerprint density at radius 3 is 2.76 bits per heavy atom. The molecule has 2 N–H and O–H groups in total. The quantitative estimate of drug-likeness (QED) is 0.851. The third-order valence-corrected chi connectivity index (χ3v) is 3.48. The molecule has 1 atom stereocenters. The van der Waals surface area contributed by atoms with Crippen molar-refractivity contribution in [2.45, 2.75) is 26.9 Å². The van der Waals surface area contributed by atoms with Gasteiger partial charge in [0, 0.05) is 11.0 Å². The van der Waals surface area contributed by atoms with Gasteiger partial charge in [0.05, 0.1) is 5.41 Å². The second kappa shape index (κ2) is 6.17. The first-order valence-corrected chi connectivity index (χ1v) is 6.43. The van der Waals surface area contributed by atoms with Gasteiger partial charge in [-0.1, -0.05) is 35.0 Å². The Kier molecular flexibility index (Phi) is 5.15. The van der Waals surface area contributed by atoms with Crippen LogP contribution in [-0.4, -0.2) is 12.5 Å². The SMILES string of the molecule is CCC(C)(CN)C(=O)OCc1cccc(Br)c1. The predicted molar refractivity (Wildman–Crippen MR) is 71.4 cm³/mol. The van der Waals surface area contributed by atoms with Crippen LogP contribution in [0.4, 0.5) is 0 Å². The Bertz CT molecular complexity index is 389. The second-order valence-electron chi connectivity index (χ2n) is 4.32. The van der Waals surface area contributed by atoms with Crippen molar-refractivity contribution in [3.05, 3.63) is 34.3 Å². The van der Waals surface area contributed by atoms with E-state index in [2.05, 4.69) is 15.9 Å². The molecular weight excluding hydrogens is 282 g/mol. The zero-order valence-corrected chi connectivity index (χ0v) is 11.8. The van der Waals surface area contributed by atoms with Crippen molar-refractivity contribution < 1.29 is 9.53 Å². The summed E-state index contributed by atoms with van der Waals surface area (Å²) in [6.07, 6.45) is 0.681. The number of ether oxygens (including phenoxy) is 1. The lowest BCUT2D eigenvalue weighted by Gasteiger charge is -2.23. The first-order valence-electron chi connectivity index (χ1n) is 5.63. The van der Waals surface area contributed by atoms with Crippen molar-refractivity contribution in [3.8, 4) is 0 Å². The molecule has 3 nitrogen and oxygen atoms in total. The number of nitrogens with two attached hydrogens (primary N) is 1. The van der Waals surface area contributed by atoms with E-state index in [1.165, 1.54) is 0 Å². The van der Waals surface area contributed by atoms with Crippen LogP contribution in [0.5, 0.6) is 0 Å². The van der Waals surface area contributed by atoms with Crippen LogP contribution in [-0.2, 0) is 16.1 Å². The maximum atomic E-state index is 11.9. The molecular formula is C13H18BrNO2. The van der Waals surface area contributed by atoms with E-state index in [9.17, 15) is 4.79 Å². The van der Waals surface area contributed by atoms with Crippen LogP contribution in [0.15, 0.2) is 28.7 Å². The molecule has 1 aromatic carbocycles. The highest BCUT2D eigenvalue weighted by Gasteiger charge is 2.31. The number of carbonyl (C=O) groups is 1. The van der Waals surface area contributed by atoms with Gasteiger partial charge in [-0.05, 0) is 31.0 Å². The molecule has 0 spiro atoms. The van der Waals surface area contributed by atoms with Crippen LogP contribution in [0.1, 0.15) is 25.8 Å². The Morgan fingerprint density at radius 2 is 2.24 bits per heavy atom. The number of esters is 1. The Labute approximate surface area is 110 Å². The molecule has 0 saturated heterocycles. The Balaban J connectivity index is 2.59. The van der Waals surface area contributed by atoms with E-state index < -0.39 is 5.41 Å². The molecule has 1 unspecified atom stereocenters. The van der Waals surface area contributed by atoms with Gasteiger partial charge in [0.25, 0.3) is 0 Å². The largest absolute Gasteiger partial charge is 0.460 e. The summed E-state index contributed by atoms with van der Waals surface area (Å²) in [5.74, 6) is -0.234. The summed E-state index contributed by atoms with van der Waals surface area (Å²) < 4.78 is 6.27. The van der Waals surface area contributed by atoms with Crippen LogP contribution in [0.2, 0.25) is 0 Å². The first kappa shape index (κ1) is 14.2. The van der Waals surface area contributed by atoms with Crippen LogP contribution >= 0.6 is 15.9 Å². The average Bonchev–Trinajstić information content (AvgIpc) is 2.35. The molecule has 94 valence electrons. The third-order valence-electron chi connectivity index (χ3n) is 2.98. The normalized spacial score (nSPS) is 14.1. The fourth-order valence-corrected chi connectivity index (χ4v) is 1.77. The molecule has 0 heterocycles. The van der Waals surface area contributed by atoms with Gasteiger partial charge in [0.2, 0.25) is 0 Å². The minimum absolute atomic E-state index is 0.234. The zero-order chi connectivity index (χ0) is 12.9. The van der Waals surface area contributed by atoms with Gasteiger partial charge in [-0.2, -0.15) is 0 Å². The molecule has 0 aliphatic carbocycles. The van der Waals surface area contributed by atoms with Crippen LogP contribution in [0, 0.1) is 5.41 Å². The Morgan fingerprint density at radius 1 is 1.53 bits per heavy atom. The van der Waals surface area contributed by atoms with Crippen molar-refractivity contribution >= 4 is 21.9 Å². The number of hydrogen-bond acceptors (Lipinski definition) is 3. The lowest BCUT2D eigenvalue weighted by Crippen LogP contribution is -2.36. The molecule has 0 fully saturated rings. The van der Waals surface area contributed by atoms with Crippen molar-refractivity contribution in [3.63, 3.8) is 0 Å². The summed E-state index contributed by atoms with van der Waals surface area (Å²) in [5, 5.41) is 0. The maximum absolute atomic E-state index is 11.9. The topological polar surface area (TPSA) is 52.3 Å². The molecule has 0 saturated carbocycles. The van der Waals surface area contributed by atoms with Crippen LogP contribution in [0.25, 0.3) is 0 Å². The van der Waals surface area contributed by atoms with Gasteiger partial charge in [-0.3, -0.25) is 4.79 Å². The minimum Gasteiger partial charge on any atom is -0.460 e. The summed E-state index contributed by atoms with van der Waals surface area (Å²) in [4.78, 5) is 11.9. The van der Waals surface area contributed by atoms with E-state index in [1.807, 2.05) is 38.1 Å². The standard InChI is InChI=1S/C13H18BrNO2/c1-3-13(2,9-15)12(16)17-8-10-5-4-6-11(14)7-10/h4-7H,3,8-9,15H2,1-2H3. The summed E-state index contributed by atoms with van der Waals surface area (Å²) in [6.45, 7) is 4.36. The molecule has 0 amide bonds. The highest BCUT2D eigenvalue weighted by atomic mass is 79.9. The fourth-order valence-electron chi connectivity index (χ4n) is 1.32. The van der Waals surface area contributed by atoms with E-state index >= 15 is 0 Å². The van der Waals surface area contributed by atoms with E-state index in [0.29, 0.717) is 13.0 Å². The summed E-state index contributed by atoms with van der Waals surface area (Å²) in [5.41, 5.74) is 5.99. The number of rotatable bonds is 5. The summed E-state index contributed by atoms with van der Waals surface area (Å²) in [7, 11) is 0. The highest BCUT2D eigenvalue weighted by Crippen LogP contribution is 2.22. The van der Waals surface area contributed by atoms with Gasteiger partial charge in [0.1, 0.15) is 6.61 Å². The van der Waals surface area contributed by atoms with Gasteiger partial charge < -0.3 is 10.5 Å². The molecule has 1 rings (SSSR count).